The number of nitriles is 2. The van der Waals surface area contributed by atoms with Gasteiger partial charge in [0.2, 0.25) is 0 Å². The number of hydrogen-bond acceptors (Lipinski definition) is 2. The van der Waals surface area contributed by atoms with Crippen LogP contribution < -0.4 is 0 Å². The molecule has 11 heavy (non-hydrogen) atoms. The van der Waals surface area contributed by atoms with E-state index in [9.17, 15) is 0 Å². The number of rotatable bonds is 3. The molecule has 0 amide bonds. The Hall–Kier alpha value is -1.28. The van der Waals surface area contributed by atoms with Crippen molar-refractivity contribution in [3.8, 4) is 12.1 Å². The molecule has 0 aromatic carbocycles. The Labute approximate surface area is 67.8 Å². The molecule has 0 aliphatic carbocycles. The molecule has 0 saturated heterocycles. The van der Waals surface area contributed by atoms with Gasteiger partial charge in [0.05, 0.1) is 12.1 Å². The fourth-order valence-electron chi connectivity index (χ4n) is 0.675. The second kappa shape index (κ2) is 4.52. The minimum atomic E-state index is -0.806. The van der Waals surface area contributed by atoms with E-state index in [0.29, 0.717) is 6.42 Å². The normalized spacial score (nSPS) is 10.9. The monoisotopic (exact) mass is 148 g/mol. The highest BCUT2D eigenvalue weighted by Crippen LogP contribution is 2.20. The lowest BCUT2D eigenvalue weighted by molar-refractivity contribution is 0.534. The Morgan fingerprint density at radius 3 is 2.27 bits per heavy atom. The molecule has 0 rings (SSSR count). The van der Waals surface area contributed by atoms with Crippen LogP contribution in [0.3, 0.4) is 0 Å². The van der Waals surface area contributed by atoms with Gasteiger partial charge in [0.15, 0.2) is 0 Å². The van der Waals surface area contributed by atoms with Crippen LogP contribution in [0.1, 0.15) is 26.7 Å². The van der Waals surface area contributed by atoms with E-state index in [-0.39, 0.29) is 0 Å². The predicted octanol–water partition coefficient (Wildman–Crippen LogP) is 2.40. The van der Waals surface area contributed by atoms with E-state index in [1.54, 1.807) is 6.92 Å². The van der Waals surface area contributed by atoms with E-state index in [1.807, 2.05) is 31.2 Å². The third kappa shape index (κ3) is 3.43. The zero-order valence-electron chi connectivity index (χ0n) is 6.96. The van der Waals surface area contributed by atoms with Gasteiger partial charge in [-0.15, -0.1) is 0 Å². The number of allylic oxidation sites excluding steroid dienone is 2. The summed E-state index contributed by atoms with van der Waals surface area (Å²) in [5.74, 6) is 0. The Balaban J connectivity index is 3.94. The van der Waals surface area contributed by atoms with Gasteiger partial charge in [0.25, 0.3) is 0 Å². The van der Waals surface area contributed by atoms with Crippen LogP contribution in [-0.4, -0.2) is 0 Å². The van der Waals surface area contributed by atoms with Gasteiger partial charge in [0, 0.05) is 0 Å². The van der Waals surface area contributed by atoms with Gasteiger partial charge in [-0.25, -0.2) is 0 Å². The summed E-state index contributed by atoms with van der Waals surface area (Å²) < 4.78 is 0. The lowest BCUT2D eigenvalue weighted by Gasteiger charge is -2.08. The van der Waals surface area contributed by atoms with Gasteiger partial charge < -0.3 is 0 Å². The van der Waals surface area contributed by atoms with Crippen LogP contribution >= 0.6 is 0 Å². The van der Waals surface area contributed by atoms with Crippen LogP contribution in [0.25, 0.3) is 0 Å². The SMILES string of the molecule is C/C=C/CCC(C)(C#N)C#N. The van der Waals surface area contributed by atoms with Crippen molar-refractivity contribution < 1.29 is 0 Å². The van der Waals surface area contributed by atoms with Gasteiger partial charge in [-0.05, 0) is 26.7 Å². The van der Waals surface area contributed by atoms with Crippen LogP contribution in [0.15, 0.2) is 12.2 Å². The van der Waals surface area contributed by atoms with E-state index < -0.39 is 5.41 Å². The number of nitrogens with zero attached hydrogens (tertiary/aromatic N) is 2. The summed E-state index contributed by atoms with van der Waals surface area (Å²) in [5, 5.41) is 17.2. The van der Waals surface area contributed by atoms with Crippen molar-refractivity contribution >= 4 is 0 Å². The average Bonchev–Trinajstić information content (AvgIpc) is 2.05. The summed E-state index contributed by atoms with van der Waals surface area (Å²) in [6.45, 7) is 3.59. The molecule has 0 radical (unpaired) electrons. The van der Waals surface area contributed by atoms with Gasteiger partial charge in [-0.2, -0.15) is 10.5 Å². The van der Waals surface area contributed by atoms with E-state index >= 15 is 0 Å². The number of hydrogen-bond donors (Lipinski definition) is 0. The fourth-order valence-corrected chi connectivity index (χ4v) is 0.675. The van der Waals surface area contributed by atoms with Crippen molar-refractivity contribution in [3.63, 3.8) is 0 Å². The largest absolute Gasteiger partial charge is 0.197 e. The summed E-state index contributed by atoms with van der Waals surface area (Å²) in [6.07, 6.45) is 5.31. The standard InChI is InChI=1S/C9H12N2/c1-3-4-5-6-9(2,7-10)8-11/h3-4H,5-6H2,1-2H3/b4-3+. The molecule has 0 aromatic heterocycles. The molecule has 0 bridgehead atoms. The Morgan fingerprint density at radius 1 is 1.36 bits per heavy atom. The zero-order valence-corrected chi connectivity index (χ0v) is 6.96. The smallest absolute Gasteiger partial charge is 0.141 e. The summed E-state index contributed by atoms with van der Waals surface area (Å²) >= 11 is 0. The first-order chi connectivity index (χ1) is 5.18. The molecule has 0 heterocycles. The highest BCUT2D eigenvalue weighted by molar-refractivity contribution is 5.11. The molecule has 0 spiro atoms. The second-order valence-electron chi connectivity index (χ2n) is 2.66. The molecule has 0 unspecified atom stereocenters. The highest BCUT2D eigenvalue weighted by Gasteiger charge is 2.21. The van der Waals surface area contributed by atoms with Crippen molar-refractivity contribution in [2.24, 2.45) is 5.41 Å². The minimum Gasteiger partial charge on any atom is -0.197 e. The van der Waals surface area contributed by atoms with Crippen molar-refractivity contribution in [2.75, 3.05) is 0 Å². The van der Waals surface area contributed by atoms with E-state index in [0.717, 1.165) is 6.42 Å². The zero-order chi connectivity index (χ0) is 8.74. The van der Waals surface area contributed by atoms with Crippen molar-refractivity contribution in [1.82, 2.24) is 0 Å². The van der Waals surface area contributed by atoms with Crippen LogP contribution in [0, 0.1) is 28.1 Å². The molecule has 2 heteroatoms. The molecular formula is C9H12N2. The molecule has 0 fully saturated rings. The van der Waals surface area contributed by atoms with E-state index in [4.69, 9.17) is 10.5 Å². The fraction of sp³-hybridized carbons (Fsp3) is 0.556. The molecule has 0 aliphatic rings. The lowest BCUT2D eigenvalue weighted by atomic mass is 9.89. The maximum absolute atomic E-state index is 8.59. The molecule has 0 N–H and O–H groups in total. The third-order valence-electron chi connectivity index (χ3n) is 1.54. The summed E-state index contributed by atoms with van der Waals surface area (Å²) in [4.78, 5) is 0. The van der Waals surface area contributed by atoms with Crippen LogP contribution in [-0.2, 0) is 0 Å². The van der Waals surface area contributed by atoms with Gasteiger partial charge >= 0.3 is 0 Å². The molecular weight excluding hydrogens is 136 g/mol. The maximum atomic E-state index is 8.59. The van der Waals surface area contributed by atoms with E-state index in [1.165, 1.54) is 0 Å². The highest BCUT2D eigenvalue weighted by atomic mass is 14.4. The van der Waals surface area contributed by atoms with Gasteiger partial charge in [-0.1, -0.05) is 12.2 Å². The first kappa shape index (κ1) is 9.72. The summed E-state index contributed by atoms with van der Waals surface area (Å²) in [7, 11) is 0. The topological polar surface area (TPSA) is 47.6 Å². The van der Waals surface area contributed by atoms with Gasteiger partial charge in [0.1, 0.15) is 5.41 Å². The predicted molar refractivity (Wildman–Crippen MR) is 43.4 cm³/mol. The molecule has 2 nitrogen and oxygen atoms in total. The van der Waals surface area contributed by atoms with Crippen LogP contribution in [0.2, 0.25) is 0 Å². The van der Waals surface area contributed by atoms with Crippen molar-refractivity contribution in [3.05, 3.63) is 12.2 Å². The average molecular weight is 148 g/mol. The molecule has 0 atom stereocenters. The Kier molecular flexibility index (Phi) is 4.00. The summed E-state index contributed by atoms with van der Waals surface area (Å²) in [6, 6.07) is 3.98. The first-order valence-electron chi connectivity index (χ1n) is 3.62. The molecule has 0 aliphatic heterocycles. The third-order valence-corrected chi connectivity index (χ3v) is 1.54. The maximum Gasteiger partial charge on any atom is 0.141 e. The molecule has 58 valence electrons. The minimum absolute atomic E-state index is 0.615. The molecule has 0 aromatic rings. The van der Waals surface area contributed by atoms with Crippen molar-refractivity contribution in [1.29, 1.82) is 10.5 Å². The van der Waals surface area contributed by atoms with Crippen LogP contribution in [0.5, 0.6) is 0 Å². The Morgan fingerprint density at radius 2 is 1.91 bits per heavy atom. The van der Waals surface area contributed by atoms with E-state index in [2.05, 4.69) is 0 Å². The first-order valence-corrected chi connectivity index (χ1v) is 3.62. The quantitative estimate of drug-likeness (QED) is 0.577. The second-order valence-corrected chi connectivity index (χ2v) is 2.66. The van der Waals surface area contributed by atoms with Crippen LogP contribution in [0.4, 0.5) is 0 Å². The molecule has 0 saturated carbocycles. The summed E-state index contributed by atoms with van der Waals surface area (Å²) in [5.41, 5.74) is -0.806. The van der Waals surface area contributed by atoms with Crippen molar-refractivity contribution in [2.45, 2.75) is 26.7 Å². The Bertz CT molecular complexity index is 201. The van der Waals surface area contributed by atoms with Gasteiger partial charge in [-0.3, -0.25) is 0 Å². The lowest BCUT2D eigenvalue weighted by Crippen LogP contribution is -2.09.